The number of hydrogen-bond donors (Lipinski definition) is 4. The van der Waals surface area contributed by atoms with E-state index in [1.165, 1.54) is 0 Å². The predicted octanol–water partition coefficient (Wildman–Crippen LogP) is 0.155. The van der Waals surface area contributed by atoms with Gasteiger partial charge in [0.25, 0.3) is 0 Å². The van der Waals surface area contributed by atoms with Crippen molar-refractivity contribution in [3.63, 3.8) is 0 Å². The first-order valence-corrected chi connectivity index (χ1v) is 6.82. The summed E-state index contributed by atoms with van der Waals surface area (Å²) in [4.78, 5) is 0. The molecular weight excluding hydrogens is 272 g/mol. The van der Waals surface area contributed by atoms with Crippen molar-refractivity contribution < 1.29 is 25.2 Å². The van der Waals surface area contributed by atoms with E-state index in [2.05, 4.69) is 6.07 Å². The van der Waals surface area contributed by atoms with Crippen LogP contribution in [-0.4, -0.2) is 51.4 Å². The third kappa shape index (κ3) is 2.54. The van der Waals surface area contributed by atoms with E-state index >= 15 is 0 Å². The highest BCUT2D eigenvalue weighted by Crippen LogP contribution is 2.33. The van der Waals surface area contributed by atoms with Gasteiger partial charge in [-0.25, -0.2) is 0 Å². The minimum atomic E-state index is -1.36. The third-order valence-corrected chi connectivity index (χ3v) is 3.91. The smallest absolute Gasteiger partial charge is 0.113 e. The molecule has 5 atom stereocenters. The normalized spacial score (nSPS) is 33.2. The van der Waals surface area contributed by atoms with E-state index in [1.807, 2.05) is 30.3 Å². The van der Waals surface area contributed by atoms with Crippen molar-refractivity contribution in [2.24, 2.45) is 0 Å². The van der Waals surface area contributed by atoms with Crippen molar-refractivity contribution in [2.75, 3.05) is 6.61 Å². The van der Waals surface area contributed by atoms with Crippen LogP contribution in [0.15, 0.2) is 36.4 Å². The molecular formula is C16H17O5. The van der Waals surface area contributed by atoms with Crippen molar-refractivity contribution >= 4 is 10.8 Å². The van der Waals surface area contributed by atoms with Gasteiger partial charge in [0.05, 0.1) is 6.61 Å². The summed E-state index contributed by atoms with van der Waals surface area (Å²) in [7, 11) is 0. The van der Waals surface area contributed by atoms with Crippen molar-refractivity contribution in [3.8, 4) is 0 Å². The zero-order valence-electron chi connectivity index (χ0n) is 11.3. The topological polar surface area (TPSA) is 90.2 Å². The fraction of sp³-hybridized carbons (Fsp3) is 0.375. The maximum atomic E-state index is 10.1. The number of aliphatic hydroxyl groups excluding tert-OH is 4. The minimum absolute atomic E-state index is 0.428. The lowest BCUT2D eigenvalue weighted by Gasteiger charge is -2.40. The second kappa shape index (κ2) is 5.71. The third-order valence-electron chi connectivity index (χ3n) is 3.91. The van der Waals surface area contributed by atoms with E-state index in [4.69, 9.17) is 4.74 Å². The van der Waals surface area contributed by atoms with Crippen molar-refractivity contribution in [1.82, 2.24) is 0 Å². The first-order valence-electron chi connectivity index (χ1n) is 6.82. The average molecular weight is 289 g/mol. The van der Waals surface area contributed by atoms with Crippen LogP contribution in [0.25, 0.3) is 10.8 Å². The standard InChI is InChI=1S/C16H17O5/c17-8-12-13(18)14(19)15(20)16(21-12)11-6-5-9-3-1-2-4-10(9)7-11/h1-2,4-7,12-20H,8H2/t12-,13+,14+,15-,16+/m1/s1. The molecule has 0 saturated carbocycles. The summed E-state index contributed by atoms with van der Waals surface area (Å²) >= 11 is 0. The lowest BCUT2D eigenvalue weighted by atomic mass is 9.90. The van der Waals surface area contributed by atoms with Gasteiger partial charge in [-0.1, -0.05) is 30.3 Å². The molecule has 1 radical (unpaired) electrons. The summed E-state index contributed by atoms with van der Waals surface area (Å²) in [5, 5.41) is 40.9. The molecule has 111 valence electrons. The monoisotopic (exact) mass is 289 g/mol. The summed E-state index contributed by atoms with van der Waals surface area (Å²) in [5.74, 6) is 0. The first kappa shape index (κ1) is 14.4. The highest BCUT2D eigenvalue weighted by molar-refractivity contribution is 5.82. The van der Waals surface area contributed by atoms with Crippen LogP contribution in [-0.2, 0) is 4.74 Å². The number of fused-ring (bicyclic) bond motifs is 1. The predicted molar refractivity (Wildman–Crippen MR) is 75.5 cm³/mol. The second-order valence-electron chi connectivity index (χ2n) is 5.27. The summed E-state index contributed by atoms with van der Waals surface area (Å²) in [6.07, 6.45) is -5.65. The van der Waals surface area contributed by atoms with Gasteiger partial charge in [-0.15, -0.1) is 0 Å². The Morgan fingerprint density at radius 3 is 2.62 bits per heavy atom. The van der Waals surface area contributed by atoms with E-state index in [0.717, 1.165) is 10.8 Å². The van der Waals surface area contributed by atoms with E-state index in [1.54, 1.807) is 6.07 Å². The van der Waals surface area contributed by atoms with Crippen LogP contribution < -0.4 is 0 Å². The number of ether oxygens (including phenoxy) is 1. The van der Waals surface area contributed by atoms with Crippen LogP contribution >= 0.6 is 0 Å². The molecule has 4 N–H and O–H groups in total. The molecule has 3 rings (SSSR count). The van der Waals surface area contributed by atoms with Crippen LogP contribution in [0, 0.1) is 6.07 Å². The second-order valence-corrected chi connectivity index (χ2v) is 5.27. The van der Waals surface area contributed by atoms with Crippen LogP contribution in [0.1, 0.15) is 11.7 Å². The molecule has 0 spiro atoms. The maximum Gasteiger partial charge on any atom is 0.113 e. The van der Waals surface area contributed by atoms with E-state index in [0.29, 0.717) is 5.56 Å². The van der Waals surface area contributed by atoms with Gasteiger partial charge in [-0.05, 0) is 28.5 Å². The molecule has 5 heteroatoms. The van der Waals surface area contributed by atoms with Gasteiger partial charge in [-0.3, -0.25) is 0 Å². The molecule has 21 heavy (non-hydrogen) atoms. The van der Waals surface area contributed by atoms with Gasteiger partial charge in [0.1, 0.15) is 30.5 Å². The fourth-order valence-electron chi connectivity index (χ4n) is 2.69. The molecule has 5 nitrogen and oxygen atoms in total. The SMILES string of the molecule is OC[C@H]1O[C@@H](c2ccc3[c]cccc3c2)[C@H](O)[C@@H](O)[C@H]1O. The number of aliphatic hydroxyl groups is 4. The van der Waals surface area contributed by atoms with Crippen LogP contribution in [0.4, 0.5) is 0 Å². The highest BCUT2D eigenvalue weighted by atomic mass is 16.5. The van der Waals surface area contributed by atoms with Crippen molar-refractivity contribution in [3.05, 3.63) is 48.0 Å². The van der Waals surface area contributed by atoms with Gasteiger partial charge in [-0.2, -0.15) is 0 Å². The Morgan fingerprint density at radius 1 is 1.05 bits per heavy atom. The summed E-state index contributed by atoms with van der Waals surface area (Å²) in [6, 6.07) is 14.2. The lowest BCUT2D eigenvalue weighted by Crippen LogP contribution is -2.55. The Kier molecular flexibility index (Phi) is 3.93. The Balaban J connectivity index is 1.96. The molecule has 1 fully saturated rings. The minimum Gasteiger partial charge on any atom is -0.394 e. The van der Waals surface area contributed by atoms with Crippen LogP contribution in [0.3, 0.4) is 0 Å². The van der Waals surface area contributed by atoms with Gasteiger partial charge >= 0.3 is 0 Å². The average Bonchev–Trinajstić information content (AvgIpc) is 2.52. The fourth-order valence-corrected chi connectivity index (χ4v) is 2.69. The van der Waals surface area contributed by atoms with E-state index in [9.17, 15) is 20.4 Å². The Hall–Kier alpha value is -1.50. The molecule has 2 aromatic rings. The Labute approximate surface area is 122 Å². The molecule has 0 unspecified atom stereocenters. The zero-order valence-corrected chi connectivity index (χ0v) is 11.3. The van der Waals surface area contributed by atoms with Gasteiger partial charge in [0.2, 0.25) is 0 Å². The summed E-state index contributed by atoms with van der Waals surface area (Å²) in [5.41, 5.74) is 0.680. The molecule has 0 amide bonds. The van der Waals surface area contributed by atoms with E-state index < -0.39 is 37.1 Å². The molecule has 1 heterocycles. The molecule has 1 aliphatic heterocycles. The van der Waals surface area contributed by atoms with Gasteiger partial charge in [0.15, 0.2) is 0 Å². The quantitative estimate of drug-likeness (QED) is 0.632. The first-order chi connectivity index (χ1) is 10.1. The zero-order chi connectivity index (χ0) is 15.0. The number of benzene rings is 2. The van der Waals surface area contributed by atoms with Crippen molar-refractivity contribution in [1.29, 1.82) is 0 Å². The molecule has 0 aromatic heterocycles. The lowest BCUT2D eigenvalue weighted by molar-refractivity contribution is -0.231. The van der Waals surface area contributed by atoms with Gasteiger partial charge < -0.3 is 25.2 Å². The Bertz CT molecular complexity index is 627. The van der Waals surface area contributed by atoms with Crippen LogP contribution in [0.2, 0.25) is 0 Å². The number of rotatable bonds is 2. The molecule has 1 saturated heterocycles. The molecule has 0 bridgehead atoms. The van der Waals surface area contributed by atoms with Gasteiger partial charge in [0, 0.05) is 0 Å². The maximum absolute atomic E-state index is 10.1. The van der Waals surface area contributed by atoms with E-state index in [-0.39, 0.29) is 0 Å². The summed E-state index contributed by atoms with van der Waals surface area (Å²) in [6.45, 7) is -0.428. The molecule has 1 aliphatic rings. The number of hydrogen-bond acceptors (Lipinski definition) is 5. The van der Waals surface area contributed by atoms with Crippen molar-refractivity contribution in [2.45, 2.75) is 30.5 Å². The highest BCUT2D eigenvalue weighted by Gasteiger charge is 2.43. The largest absolute Gasteiger partial charge is 0.394 e. The Morgan fingerprint density at radius 2 is 1.86 bits per heavy atom. The molecule has 2 aromatic carbocycles. The summed E-state index contributed by atoms with van der Waals surface area (Å²) < 4.78 is 5.55. The molecule has 0 aliphatic carbocycles. The van der Waals surface area contributed by atoms with Crippen LogP contribution in [0.5, 0.6) is 0 Å².